The number of primary sulfonamides is 1. The Morgan fingerprint density at radius 2 is 1.87 bits per heavy atom. The van der Waals surface area contributed by atoms with Gasteiger partial charge in [0.25, 0.3) is 5.91 Å². The molecule has 0 saturated carbocycles. The Bertz CT molecular complexity index is 1250. The number of aryl methyl sites for hydroxylation is 1. The Kier molecular flexibility index (Phi) is 6.77. The second kappa shape index (κ2) is 9.32. The summed E-state index contributed by atoms with van der Waals surface area (Å²) >= 11 is 0. The van der Waals surface area contributed by atoms with Gasteiger partial charge in [-0.05, 0) is 48.7 Å². The van der Waals surface area contributed by atoms with Crippen molar-refractivity contribution in [1.82, 2.24) is 5.32 Å². The highest BCUT2D eigenvalue weighted by molar-refractivity contribution is 7.89. The summed E-state index contributed by atoms with van der Waals surface area (Å²) in [6, 6.07) is 12.6. The van der Waals surface area contributed by atoms with Crippen LogP contribution in [0.5, 0.6) is 5.75 Å². The third-order valence-electron chi connectivity index (χ3n) is 4.72. The van der Waals surface area contributed by atoms with E-state index < -0.39 is 21.8 Å². The molecule has 0 radical (unpaired) electrons. The van der Waals surface area contributed by atoms with Crippen LogP contribution in [0.1, 0.15) is 31.4 Å². The number of rotatable bonds is 8. The van der Waals surface area contributed by atoms with E-state index in [2.05, 4.69) is 5.32 Å². The smallest absolute Gasteiger partial charge is 0.336 e. The zero-order valence-electron chi connectivity index (χ0n) is 17.3. The third-order valence-corrected chi connectivity index (χ3v) is 5.65. The van der Waals surface area contributed by atoms with Gasteiger partial charge in [0, 0.05) is 24.1 Å². The van der Waals surface area contributed by atoms with Gasteiger partial charge in [-0.1, -0.05) is 25.5 Å². The highest BCUT2D eigenvalue weighted by atomic mass is 32.2. The van der Waals surface area contributed by atoms with E-state index in [1.54, 1.807) is 31.2 Å². The van der Waals surface area contributed by atoms with E-state index in [0.29, 0.717) is 16.9 Å². The summed E-state index contributed by atoms with van der Waals surface area (Å²) in [5.74, 6) is 0.0567. The predicted molar refractivity (Wildman–Crippen MR) is 116 cm³/mol. The second-order valence-electron chi connectivity index (χ2n) is 7.17. The lowest BCUT2D eigenvalue weighted by Crippen LogP contribution is -2.35. The fraction of sp³-hybridized carbons (Fsp3) is 0.273. The molecule has 0 aliphatic carbocycles. The number of nitrogens with two attached hydrogens (primary N) is 1. The van der Waals surface area contributed by atoms with Crippen LogP contribution in [-0.2, 0) is 27.8 Å². The number of ether oxygens (including phenoxy) is 1. The van der Waals surface area contributed by atoms with Gasteiger partial charge in [-0.25, -0.2) is 18.4 Å². The van der Waals surface area contributed by atoms with Crippen LogP contribution in [0.25, 0.3) is 11.0 Å². The Labute approximate surface area is 180 Å². The molecule has 0 spiro atoms. The van der Waals surface area contributed by atoms with Gasteiger partial charge in [0.05, 0.1) is 4.90 Å². The first-order valence-corrected chi connectivity index (χ1v) is 11.3. The topological polar surface area (TPSA) is 129 Å². The molecule has 3 aromatic rings. The molecule has 31 heavy (non-hydrogen) atoms. The van der Waals surface area contributed by atoms with E-state index in [9.17, 15) is 18.0 Å². The lowest BCUT2D eigenvalue weighted by molar-refractivity contribution is -0.127. The molecular formula is C22H24N2O6S. The lowest BCUT2D eigenvalue weighted by Gasteiger charge is -2.15. The quantitative estimate of drug-likeness (QED) is 0.514. The molecular weight excluding hydrogens is 420 g/mol. The molecule has 8 nitrogen and oxygen atoms in total. The number of hydrogen-bond acceptors (Lipinski definition) is 6. The second-order valence-corrected chi connectivity index (χ2v) is 8.73. The summed E-state index contributed by atoms with van der Waals surface area (Å²) in [4.78, 5) is 24.2. The zero-order chi connectivity index (χ0) is 22.6. The van der Waals surface area contributed by atoms with Gasteiger partial charge in [0.15, 0.2) is 6.10 Å². The molecule has 0 saturated heterocycles. The number of carbonyl (C=O) groups excluding carboxylic acids is 1. The molecule has 0 aliphatic heterocycles. The van der Waals surface area contributed by atoms with E-state index in [4.69, 9.17) is 14.3 Å². The molecule has 1 aromatic heterocycles. The SMILES string of the molecule is CCCc1cc(=O)oc2cc(O[C@@H](C)C(=O)NCc3ccc(S(N)(=O)=O)cc3)ccc12. The van der Waals surface area contributed by atoms with Crippen molar-refractivity contribution >= 4 is 26.9 Å². The first-order chi connectivity index (χ1) is 14.7. The van der Waals surface area contributed by atoms with Gasteiger partial charge < -0.3 is 14.5 Å². The van der Waals surface area contributed by atoms with E-state index in [1.807, 2.05) is 13.0 Å². The molecule has 1 heterocycles. The van der Waals surface area contributed by atoms with Crippen LogP contribution in [0.4, 0.5) is 0 Å². The minimum Gasteiger partial charge on any atom is -0.481 e. The molecule has 2 aromatic carbocycles. The first kappa shape index (κ1) is 22.5. The molecule has 3 rings (SSSR count). The monoisotopic (exact) mass is 444 g/mol. The molecule has 1 amide bonds. The third kappa shape index (κ3) is 5.71. The summed E-state index contributed by atoms with van der Waals surface area (Å²) in [6.45, 7) is 3.84. The van der Waals surface area contributed by atoms with Crippen molar-refractivity contribution in [1.29, 1.82) is 0 Å². The largest absolute Gasteiger partial charge is 0.481 e. The van der Waals surface area contributed by atoms with Gasteiger partial charge in [-0.3, -0.25) is 4.79 Å². The molecule has 0 fully saturated rings. The van der Waals surface area contributed by atoms with Crippen molar-refractivity contribution in [3.05, 3.63) is 70.1 Å². The molecule has 0 aliphatic rings. The number of nitrogens with one attached hydrogen (secondary N) is 1. The summed E-state index contributed by atoms with van der Waals surface area (Å²) in [6.07, 6.45) is 0.865. The molecule has 9 heteroatoms. The van der Waals surface area contributed by atoms with Crippen molar-refractivity contribution in [2.45, 2.75) is 44.2 Å². The predicted octanol–water partition coefficient (Wildman–Crippen LogP) is 2.48. The minimum absolute atomic E-state index is 0.00401. The van der Waals surface area contributed by atoms with Crippen LogP contribution in [-0.4, -0.2) is 20.4 Å². The fourth-order valence-corrected chi connectivity index (χ4v) is 3.66. The number of fused-ring (bicyclic) bond motifs is 1. The van der Waals surface area contributed by atoms with Crippen LogP contribution < -0.4 is 20.8 Å². The van der Waals surface area contributed by atoms with Crippen LogP contribution in [0.2, 0.25) is 0 Å². The van der Waals surface area contributed by atoms with Crippen molar-refractivity contribution < 1.29 is 22.4 Å². The number of carbonyl (C=O) groups is 1. The summed E-state index contributed by atoms with van der Waals surface area (Å²) < 4.78 is 33.6. The molecule has 0 unspecified atom stereocenters. The molecule has 1 atom stereocenters. The maximum Gasteiger partial charge on any atom is 0.336 e. The van der Waals surface area contributed by atoms with Crippen LogP contribution in [0.15, 0.2) is 62.6 Å². The minimum atomic E-state index is -3.76. The Hall–Kier alpha value is -3.17. The van der Waals surface area contributed by atoms with E-state index in [0.717, 1.165) is 23.8 Å². The van der Waals surface area contributed by atoms with E-state index >= 15 is 0 Å². The maximum atomic E-state index is 12.4. The Morgan fingerprint density at radius 3 is 2.52 bits per heavy atom. The van der Waals surface area contributed by atoms with Crippen LogP contribution in [0, 0.1) is 0 Å². The molecule has 0 bridgehead atoms. The van der Waals surface area contributed by atoms with E-state index in [-0.39, 0.29) is 17.3 Å². The highest BCUT2D eigenvalue weighted by Gasteiger charge is 2.16. The summed E-state index contributed by atoms with van der Waals surface area (Å²) in [5, 5.41) is 8.64. The van der Waals surface area contributed by atoms with Gasteiger partial charge in [-0.2, -0.15) is 0 Å². The standard InChI is InChI=1S/C22H24N2O6S/c1-3-4-16-11-21(25)30-20-12-17(7-10-19(16)20)29-14(2)22(26)24-13-15-5-8-18(9-6-15)31(23,27)28/h5-12,14H,3-4,13H2,1-2H3,(H,24,26)(H2,23,27,28)/t14-/m0/s1. The summed E-state index contributed by atoms with van der Waals surface area (Å²) in [5.41, 5.74) is 1.62. The van der Waals surface area contributed by atoms with Crippen molar-refractivity contribution in [3.63, 3.8) is 0 Å². The maximum absolute atomic E-state index is 12.4. The van der Waals surface area contributed by atoms with Gasteiger partial charge >= 0.3 is 5.63 Å². The van der Waals surface area contributed by atoms with E-state index in [1.165, 1.54) is 18.2 Å². The normalized spacial score (nSPS) is 12.5. The van der Waals surface area contributed by atoms with Crippen molar-refractivity contribution in [2.24, 2.45) is 5.14 Å². The molecule has 164 valence electrons. The average Bonchev–Trinajstić information content (AvgIpc) is 2.71. The van der Waals surface area contributed by atoms with Crippen molar-refractivity contribution in [3.8, 4) is 5.75 Å². The van der Waals surface area contributed by atoms with Gasteiger partial charge in [0.2, 0.25) is 10.0 Å². The number of amides is 1. The number of hydrogen-bond donors (Lipinski definition) is 2. The lowest BCUT2D eigenvalue weighted by atomic mass is 10.1. The summed E-state index contributed by atoms with van der Waals surface area (Å²) in [7, 11) is -3.76. The number of benzene rings is 2. The Balaban J connectivity index is 1.65. The Morgan fingerprint density at radius 1 is 1.16 bits per heavy atom. The molecule has 3 N–H and O–H groups in total. The average molecular weight is 445 g/mol. The number of sulfonamides is 1. The van der Waals surface area contributed by atoms with Crippen LogP contribution in [0.3, 0.4) is 0 Å². The highest BCUT2D eigenvalue weighted by Crippen LogP contribution is 2.24. The van der Waals surface area contributed by atoms with Gasteiger partial charge in [0.1, 0.15) is 11.3 Å². The van der Waals surface area contributed by atoms with Gasteiger partial charge in [-0.15, -0.1) is 0 Å². The van der Waals surface area contributed by atoms with Crippen LogP contribution >= 0.6 is 0 Å². The first-order valence-electron chi connectivity index (χ1n) is 9.80. The zero-order valence-corrected chi connectivity index (χ0v) is 18.1. The van der Waals surface area contributed by atoms with Crippen molar-refractivity contribution in [2.75, 3.05) is 0 Å². The fourth-order valence-electron chi connectivity index (χ4n) is 3.15.